The van der Waals surface area contributed by atoms with E-state index in [1.54, 1.807) is 36.5 Å². The number of benzene rings is 3. The molecule has 0 atom stereocenters. The van der Waals surface area contributed by atoms with Crippen molar-refractivity contribution >= 4 is 33.2 Å². The fourth-order valence-electron chi connectivity index (χ4n) is 3.86. The predicted molar refractivity (Wildman–Crippen MR) is 145 cm³/mol. The Morgan fingerprint density at radius 2 is 1.68 bits per heavy atom. The summed E-state index contributed by atoms with van der Waals surface area (Å²) in [5, 5.41) is 4.60. The van der Waals surface area contributed by atoms with E-state index >= 15 is 0 Å². The highest BCUT2D eigenvalue weighted by molar-refractivity contribution is 7.89. The number of nitrogens with one attached hydrogen (secondary N) is 2. The van der Waals surface area contributed by atoms with Gasteiger partial charge >= 0.3 is 0 Å². The highest BCUT2D eigenvalue weighted by Gasteiger charge is 2.25. The third kappa shape index (κ3) is 7.63. The van der Waals surface area contributed by atoms with Gasteiger partial charge in [0.2, 0.25) is 10.0 Å². The minimum absolute atomic E-state index is 0.153. The highest BCUT2D eigenvalue weighted by atomic mass is 35.5. The van der Waals surface area contributed by atoms with Gasteiger partial charge in [-0.05, 0) is 72.5 Å². The molecule has 1 heterocycles. The molecule has 2 N–H and O–H groups in total. The van der Waals surface area contributed by atoms with Gasteiger partial charge in [-0.3, -0.25) is 0 Å². The van der Waals surface area contributed by atoms with Gasteiger partial charge in [-0.1, -0.05) is 53.5 Å². The number of nitrogens with zero attached hydrogens (tertiary/aromatic N) is 2. The molecule has 0 aliphatic carbocycles. The molecule has 1 aromatic heterocycles. The summed E-state index contributed by atoms with van der Waals surface area (Å²) in [6.07, 6.45) is 4.32. The molecule has 0 spiro atoms. The normalized spacial score (nSPS) is 11.8. The minimum atomic E-state index is -3.78. The molecule has 0 saturated carbocycles. The fraction of sp³-hybridized carbons (Fsp3) is 0.222. The lowest BCUT2D eigenvalue weighted by atomic mass is 10.1. The van der Waals surface area contributed by atoms with Crippen molar-refractivity contribution in [1.82, 2.24) is 19.6 Å². The number of imidazole rings is 1. The van der Waals surface area contributed by atoms with E-state index in [2.05, 4.69) is 15.3 Å². The summed E-state index contributed by atoms with van der Waals surface area (Å²) in [6.45, 7) is 1.69. The Bertz CT molecular complexity index is 1400. The van der Waals surface area contributed by atoms with Crippen molar-refractivity contribution in [3.8, 4) is 0 Å². The van der Waals surface area contributed by atoms with Gasteiger partial charge in [0.15, 0.2) is 0 Å². The molecule has 194 valence electrons. The zero-order chi connectivity index (χ0) is 26.3. The SMILES string of the molecule is O=S(=O)(c1ccc(CNCCc2ccc(Cl)cc2Cl)cc1)N(CCc1ccc(F)cc1)Cc1cnc[nH]1. The number of rotatable bonds is 12. The summed E-state index contributed by atoms with van der Waals surface area (Å²) in [7, 11) is -3.78. The van der Waals surface area contributed by atoms with Gasteiger partial charge in [0.25, 0.3) is 0 Å². The topological polar surface area (TPSA) is 78.1 Å². The molecule has 0 bridgehead atoms. The van der Waals surface area contributed by atoms with Crippen LogP contribution in [0, 0.1) is 5.82 Å². The third-order valence-electron chi connectivity index (χ3n) is 5.94. The van der Waals surface area contributed by atoms with Crippen molar-refractivity contribution < 1.29 is 12.8 Å². The van der Waals surface area contributed by atoms with Crippen LogP contribution in [0.1, 0.15) is 22.4 Å². The first-order chi connectivity index (χ1) is 17.8. The molecule has 4 aromatic rings. The van der Waals surface area contributed by atoms with E-state index in [0.29, 0.717) is 35.2 Å². The lowest BCUT2D eigenvalue weighted by Crippen LogP contribution is -2.32. The standard InChI is InChI=1S/C27H27Cl2FN4O2S/c28-23-6-5-22(27(29)15-23)11-13-31-16-21-3-9-26(10-4-21)37(35,36)34(18-25-17-32-19-33-25)14-12-20-1-7-24(30)8-2-20/h1-10,15,17,19,31H,11-14,16,18H2,(H,32,33). The van der Waals surface area contributed by atoms with Gasteiger partial charge < -0.3 is 10.3 Å². The van der Waals surface area contributed by atoms with Crippen LogP contribution in [0.3, 0.4) is 0 Å². The third-order valence-corrected chi connectivity index (χ3v) is 8.39. The van der Waals surface area contributed by atoms with Crippen LogP contribution in [-0.4, -0.2) is 35.8 Å². The van der Waals surface area contributed by atoms with E-state index in [-0.39, 0.29) is 23.8 Å². The Balaban J connectivity index is 1.38. The predicted octanol–water partition coefficient (Wildman–Crippen LogP) is 5.62. The Morgan fingerprint density at radius 1 is 0.946 bits per heavy atom. The Labute approximate surface area is 226 Å². The molecule has 0 saturated heterocycles. The maximum Gasteiger partial charge on any atom is 0.243 e. The number of hydrogen-bond donors (Lipinski definition) is 2. The van der Waals surface area contributed by atoms with Crippen LogP contribution < -0.4 is 5.32 Å². The lowest BCUT2D eigenvalue weighted by molar-refractivity contribution is 0.406. The van der Waals surface area contributed by atoms with Crippen LogP contribution in [0.2, 0.25) is 10.0 Å². The van der Waals surface area contributed by atoms with Gasteiger partial charge in [-0.2, -0.15) is 4.31 Å². The van der Waals surface area contributed by atoms with Crippen molar-refractivity contribution in [2.24, 2.45) is 0 Å². The number of aromatic nitrogens is 2. The lowest BCUT2D eigenvalue weighted by Gasteiger charge is -2.22. The Hall–Kier alpha value is -2.75. The first-order valence-electron chi connectivity index (χ1n) is 11.8. The second-order valence-corrected chi connectivity index (χ2v) is 11.4. The zero-order valence-corrected chi connectivity index (χ0v) is 22.3. The molecule has 37 heavy (non-hydrogen) atoms. The van der Waals surface area contributed by atoms with Crippen LogP contribution in [0.4, 0.5) is 4.39 Å². The summed E-state index contributed by atoms with van der Waals surface area (Å²) >= 11 is 12.2. The van der Waals surface area contributed by atoms with Crippen LogP contribution >= 0.6 is 23.2 Å². The van der Waals surface area contributed by atoms with Crippen molar-refractivity contribution in [1.29, 1.82) is 0 Å². The van der Waals surface area contributed by atoms with Crippen molar-refractivity contribution in [2.45, 2.75) is 30.8 Å². The van der Waals surface area contributed by atoms with E-state index in [1.165, 1.54) is 22.8 Å². The zero-order valence-electron chi connectivity index (χ0n) is 20.0. The average Bonchev–Trinajstić information content (AvgIpc) is 3.40. The molecular formula is C27H27Cl2FN4O2S. The van der Waals surface area contributed by atoms with Crippen molar-refractivity contribution in [3.05, 3.63) is 118 Å². The molecule has 0 fully saturated rings. The second-order valence-electron chi connectivity index (χ2n) is 8.60. The average molecular weight is 562 g/mol. The van der Waals surface area contributed by atoms with E-state index in [0.717, 1.165) is 23.1 Å². The van der Waals surface area contributed by atoms with E-state index in [9.17, 15) is 12.8 Å². The molecule has 4 rings (SSSR count). The number of aromatic amines is 1. The summed E-state index contributed by atoms with van der Waals surface area (Å²) in [6, 6.07) is 18.4. The molecule has 0 unspecified atom stereocenters. The first kappa shape index (κ1) is 27.3. The molecule has 0 aliphatic heterocycles. The molecule has 3 aromatic carbocycles. The van der Waals surface area contributed by atoms with Gasteiger partial charge in [-0.25, -0.2) is 17.8 Å². The summed E-state index contributed by atoms with van der Waals surface area (Å²) in [5.41, 5.74) is 3.52. The number of halogens is 3. The minimum Gasteiger partial charge on any atom is -0.347 e. The number of sulfonamides is 1. The van der Waals surface area contributed by atoms with E-state index in [1.807, 2.05) is 24.3 Å². The smallest absolute Gasteiger partial charge is 0.243 e. The fourth-order valence-corrected chi connectivity index (χ4v) is 5.78. The largest absolute Gasteiger partial charge is 0.347 e. The number of hydrogen-bond acceptors (Lipinski definition) is 4. The van der Waals surface area contributed by atoms with E-state index in [4.69, 9.17) is 23.2 Å². The van der Waals surface area contributed by atoms with Crippen LogP contribution in [-0.2, 0) is 36.0 Å². The summed E-state index contributed by atoms with van der Waals surface area (Å²) in [4.78, 5) is 7.17. The van der Waals surface area contributed by atoms with Crippen molar-refractivity contribution in [2.75, 3.05) is 13.1 Å². The van der Waals surface area contributed by atoms with Gasteiger partial charge in [0.05, 0.1) is 17.8 Å². The van der Waals surface area contributed by atoms with Crippen molar-refractivity contribution in [3.63, 3.8) is 0 Å². The first-order valence-corrected chi connectivity index (χ1v) is 14.0. The van der Waals surface area contributed by atoms with Crippen LogP contribution in [0.15, 0.2) is 84.1 Å². The van der Waals surface area contributed by atoms with Gasteiger partial charge in [-0.15, -0.1) is 0 Å². The Morgan fingerprint density at radius 3 is 2.35 bits per heavy atom. The molecule has 10 heteroatoms. The van der Waals surface area contributed by atoms with Crippen LogP contribution in [0.25, 0.3) is 0 Å². The van der Waals surface area contributed by atoms with Gasteiger partial charge in [0, 0.05) is 35.0 Å². The Kier molecular flexibility index (Phi) is 9.34. The second kappa shape index (κ2) is 12.7. The molecule has 6 nitrogen and oxygen atoms in total. The maximum atomic E-state index is 13.5. The van der Waals surface area contributed by atoms with Gasteiger partial charge in [0.1, 0.15) is 5.82 Å². The number of H-pyrrole nitrogens is 1. The maximum absolute atomic E-state index is 13.5. The highest BCUT2D eigenvalue weighted by Crippen LogP contribution is 2.22. The molecular weight excluding hydrogens is 534 g/mol. The van der Waals surface area contributed by atoms with E-state index < -0.39 is 10.0 Å². The summed E-state index contributed by atoms with van der Waals surface area (Å²) in [5.74, 6) is -0.325. The summed E-state index contributed by atoms with van der Waals surface area (Å²) < 4.78 is 41.7. The molecule has 0 aliphatic rings. The molecule has 0 radical (unpaired) electrons. The quantitative estimate of drug-likeness (QED) is 0.220. The monoisotopic (exact) mass is 560 g/mol. The molecule has 0 amide bonds. The van der Waals surface area contributed by atoms with Crippen LogP contribution in [0.5, 0.6) is 0 Å².